The number of rotatable bonds is 0. The zero-order valence-electron chi connectivity index (χ0n) is 9.96. The average molecular weight is 315 g/mol. The van der Waals surface area contributed by atoms with Crippen molar-refractivity contribution in [1.29, 1.82) is 0 Å². The molecule has 0 N–H and O–H groups in total. The van der Waals surface area contributed by atoms with Crippen LogP contribution in [0.2, 0.25) is 0 Å². The van der Waals surface area contributed by atoms with Gasteiger partial charge in [-0.1, -0.05) is 46.5 Å². The standard InChI is InChI=1S/C12H17.3ClH.Ti/c1-8-9(2)11-6-4-5-7-12(11)10(8)3;;;;/h4-7H2,1-3H3;3*1H;/q-1;;;;+4/p-3. The van der Waals surface area contributed by atoms with Crippen molar-refractivity contribution in [2.75, 3.05) is 0 Å². The maximum absolute atomic E-state index is 4.97. The van der Waals surface area contributed by atoms with Gasteiger partial charge >= 0.3 is 42.6 Å². The zero-order chi connectivity index (χ0) is 12.3. The van der Waals surface area contributed by atoms with E-state index in [1.165, 1.54) is 25.7 Å². The van der Waals surface area contributed by atoms with Crippen molar-refractivity contribution in [3.05, 3.63) is 27.8 Å². The van der Waals surface area contributed by atoms with Crippen LogP contribution in [-0.4, -0.2) is 0 Å². The van der Waals surface area contributed by atoms with Crippen LogP contribution in [0.1, 0.15) is 40.7 Å². The van der Waals surface area contributed by atoms with Crippen LogP contribution in [0.5, 0.6) is 0 Å². The Morgan fingerprint density at radius 2 is 1.56 bits per heavy atom. The van der Waals surface area contributed by atoms with Crippen LogP contribution in [-0.2, 0) is 27.5 Å². The monoisotopic (exact) mass is 314 g/mol. The average Bonchev–Trinajstić information content (AvgIpc) is 2.44. The second-order valence-corrected chi connectivity index (χ2v) is 12.0. The molecule has 4 heteroatoms. The Kier molecular flexibility index (Phi) is 6.33. The molecule has 90 valence electrons. The number of halogens is 3. The molecule has 1 aromatic carbocycles. The molecule has 0 bridgehead atoms. The molecule has 2 rings (SSSR count). The van der Waals surface area contributed by atoms with Gasteiger partial charge < -0.3 is 0 Å². The summed E-state index contributed by atoms with van der Waals surface area (Å²) in [5.74, 6) is 0. The molecule has 0 spiro atoms. The van der Waals surface area contributed by atoms with Crippen LogP contribution in [0, 0.1) is 20.8 Å². The number of hydrogen-bond acceptors (Lipinski definition) is 0. The third kappa shape index (κ3) is 3.72. The Morgan fingerprint density at radius 1 is 1.06 bits per heavy atom. The van der Waals surface area contributed by atoms with E-state index in [2.05, 4.69) is 20.8 Å². The molecule has 0 nitrogen and oxygen atoms in total. The first-order valence-electron chi connectivity index (χ1n) is 5.52. The second-order valence-electron chi connectivity index (χ2n) is 4.25. The molecule has 0 unspecified atom stereocenters. The van der Waals surface area contributed by atoms with Gasteiger partial charge in [-0.2, -0.15) is 27.8 Å². The zero-order valence-corrected chi connectivity index (χ0v) is 13.8. The topological polar surface area (TPSA) is 0 Å². The first-order chi connectivity index (χ1) is 7.45. The molecule has 16 heavy (non-hydrogen) atoms. The molecule has 0 amide bonds. The predicted molar refractivity (Wildman–Crippen MR) is 70.4 cm³/mol. The molecular formula is C12H17Cl3Ti. The van der Waals surface area contributed by atoms with Crippen LogP contribution in [0.25, 0.3) is 0 Å². The van der Waals surface area contributed by atoms with Gasteiger partial charge in [-0.25, -0.2) is 0 Å². The molecular weight excluding hydrogens is 298 g/mol. The Morgan fingerprint density at radius 3 is 2.06 bits per heavy atom. The molecule has 0 radical (unpaired) electrons. The summed E-state index contributed by atoms with van der Waals surface area (Å²) in [6, 6.07) is 0. The first kappa shape index (κ1) is 15.0. The second kappa shape index (κ2) is 6.76. The third-order valence-corrected chi connectivity index (χ3v) is 3.50. The van der Waals surface area contributed by atoms with Gasteiger partial charge in [0.25, 0.3) is 0 Å². The van der Waals surface area contributed by atoms with Gasteiger partial charge in [-0.3, -0.25) is 0 Å². The Labute approximate surface area is 116 Å². The normalized spacial score (nSPS) is 13.9. The minimum absolute atomic E-state index is 1.33. The van der Waals surface area contributed by atoms with Gasteiger partial charge in [0.1, 0.15) is 0 Å². The van der Waals surface area contributed by atoms with E-state index >= 15 is 0 Å². The van der Waals surface area contributed by atoms with Crippen LogP contribution in [0.15, 0.2) is 0 Å². The summed E-state index contributed by atoms with van der Waals surface area (Å²) in [5.41, 5.74) is 8.04. The fourth-order valence-electron chi connectivity index (χ4n) is 2.47. The first-order valence-corrected chi connectivity index (χ1v) is 12.0. The number of fused-ring (bicyclic) bond motifs is 1. The van der Waals surface area contributed by atoms with E-state index in [1.54, 1.807) is 27.8 Å². The molecule has 1 aliphatic carbocycles. The predicted octanol–water partition coefficient (Wildman–Crippen LogP) is 5.28. The summed E-state index contributed by atoms with van der Waals surface area (Å²) < 4.78 is 0. The van der Waals surface area contributed by atoms with Gasteiger partial charge in [-0.15, -0.1) is 0 Å². The van der Waals surface area contributed by atoms with Crippen molar-refractivity contribution < 1.29 is 14.7 Å². The molecule has 0 saturated carbocycles. The minimum atomic E-state index is -1.92. The fourth-order valence-corrected chi connectivity index (χ4v) is 2.47. The molecule has 1 aliphatic rings. The van der Waals surface area contributed by atoms with Crippen molar-refractivity contribution in [3.8, 4) is 0 Å². The van der Waals surface area contributed by atoms with Crippen molar-refractivity contribution in [3.63, 3.8) is 0 Å². The summed E-state index contributed by atoms with van der Waals surface area (Å²) in [5, 5.41) is 0. The van der Waals surface area contributed by atoms with Gasteiger partial charge in [-0.05, 0) is 0 Å². The van der Waals surface area contributed by atoms with Crippen molar-refractivity contribution >= 4 is 27.9 Å². The van der Waals surface area contributed by atoms with Crippen LogP contribution in [0.4, 0.5) is 0 Å². The molecule has 0 aromatic heterocycles. The van der Waals surface area contributed by atoms with Gasteiger partial charge in [0.15, 0.2) is 0 Å². The van der Waals surface area contributed by atoms with Crippen molar-refractivity contribution in [2.24, 2.45) is 0 Å². The molecule has 0 atom stereocenters. The van der Waals surface area contributed by atoms with E-state index in [9.17, 15) is 0 Å². The molecule has 0 saturated heterocycles. The summed E-state index contributed by atoms with van der Waals surface area (Å²) in [7, 11) is 14.9. The summed E-state index contributed by atoms with van der Waals surface area (Å²) in [6.07, 6.45) is 5.46. The van der Waals surface area contributed by atoms with Crippen LogP contribution >= 0.6 is 27.9 Å². The van der Waals surface area contributed by atoms with E-state index < -0.39 is 14.7 Å². The van der Waals surface area contributed by atoms with Gasteiger partial charge in [0.2, 0.25) is 0 Å². The molecule has 0 heterocycles. The van der Waals surface area contributed by atoms with Crippen LogP contribution in [0.3, 0.4) is 0 Å². The van der Waals surface area contributed by atoms with E-state index in [0.29, 0.717) is 0 Å². The number of hydrogen-bond donors (Lipinski definition) is 0. The van der Waals surface area contributed by atoms with E-state index in [0.717, 1.165) is 0 Å². The van der Waals surface area contributed by atoms with Crippen LogP contribution < -0.4 is 0 Å². The third-order valence-electron chi connectivity index (χ3n) is 3.50. The molecule has 0 fully saturated rings. The quantitative estimate of drug-likeness (QED) is 0.451. The van der Waals surface area contributed by atoms with Crippen molar-refractivity contribution in [1.82, 2.24) is 0 Å². The Balaban J connectivity index is 0.000000280. The molecule has 1 aromatic rings. The van der Waals surface area contributed by atoms with E-state index in [1.807, 2.05) is 0 Å². The summed E-state index contributed by atoms with van der Waals surface area (Å²) in [4.78, 5) is 0. The SMILES string of the molecule is Cc1c2c([c-](C)c1C)CCCC2.[Cl][Ti+]([Cl])[Cl]. The van der Waals surface area contributed by atoms with Gasteiger partial charge in [0.05, 0.1) is 0 Å². The Bertz CT molecular complexity index is 323. The van der Waals surface area contributed by atoms with Gasteiger partial charge in [0, 0.05) is 0 Å². The van der Waals surface area contributed by atoms with Crippen molar-refractivity contribution in [2.45, 2.75) is 46.5 Å². The molecule has 0 aliphatic heterocycles. The maximum atomic E-state index is 4.97. The Hall–Kier alpha value is 0.934. The fraction of sp³-hybridized carbons (Fsp3) is 0.583. The van der Waals surface area contributed by atoms with E-state index in [-0.39, 0.29) is 0 Å². The van der Waals surface area contributed by atoms with E-state index in [4.69, 9.17) is 27.9 Å². The summed E-state index contributed by atoms with van der Waals surface area (Å²) >= 11 is -1.92. The summed E-state index contributed by atoms with van der Waals surface area (Å²) in [6.45, 7) is 6.84.